The van der Waals surface area contributed by atoms with Crippen molar-refractivity contribution in [1.82, 2.24) is 9.97 Å². The first kappa shape index (κ1) is 12.9. The molecule has 1 unspecified atom stereocenters. The molecule has 1 aromatic rings. The van der Waals surface area contributed by atoms with Gasteiger partial charge in [-0.25, -0.2) is 9.97 Å². The van der Waals surface area contributed by atoms with E-state index in [4.69, 9.17) is 4.74 Å². The van der Waals surface area contributed by atoms with Gasteiger partial charge < -0.3 is 10.1 Å². The minimum absolute atomic E-state index is 0.298. The van der Waals surface area contributed by atoms with Gasteiger partial charge in [-0.3, -0.25) is 0 Å². The molecule has 1 N–H and O–H groups in total. The Balaban J connectivity index is 2.52. The third kappa shape index (κ3) is 4.57. The Morgan fingerprint density at radius 1 is 1.50 bits per heavy atom. The monoisotopic (exact) mass is 223 g/mol. The fourth-order valence-corrected chi connectivity index (χ4v) is 1.55. The van der Waals surface area contributed by atoms with E-state index in [1.807, 2.05) is 13.0 Å². The van der Waals surface area contributed by atoms with Gasteiger partial charge in [0, 0.05) is 19.0 Å². The molecule has 1 aromatic heterocycles. The van der Waals surface area contributed by atoms with Crippen LogP contribution >= 0.6 is 0 Å². The van der Waals surface area contributed by atoms with Crippen LogP contribution in [0.4, 0.5) is 5.95 Å². The van der Waals surface area contributed by atoms with Crippen LogP contribution < -0.4 is 5.32 Å². The van der Waals surface area contributed by atoms with Crippen molar-refractivity contribution in [1.29, 1.82) is 0 Å². The van der Waals surface area contributed by atoms with E-state index >= 15 is 0 Å². The summed E-state index contributed by atoms with van der Waals surface area (Å²) in [6.07, 6.45) is 5.24. The van der Waals surface area contributed by atoms with Gasteiger partial charge in [-0.2, -0.15) is 0 Å². The average molecular weight is 223 g/mol. The molecule has 0 amide bonds. The lowest BCUT2D eigenvalue weighted by Gasteiger charge is -2.17. The van der Waals surface area contributed by atoms with Gasteiger partial charge in [-0.15, -0.1) is 0 Å². The van der Waals surface area contributed by atoms with Crippen LogP contribution in [0.2, 0.25) is 0 Å². The van der Waals surface area contributed by atoms with Crippen molar-refractivity contribution in [3.8, 4) is 0 Å². The maximum Gasteiger partial charge on any atom is 0.223 e. The summed E-state index contributed by atoms with van der Waals surface area (Å²) in [6, 6.07) is 2.19. The highest BCUT2D eigenvalue weighted by atomic mass is 16.5. The summed E-state index contributed by atoms with van der Waals surface area (Å²) in [5.41, 5.74) is 0.976. The second-order valence-corrected chi connectivity index (χ2v) is 3.96. The number of anilines is 1. The number of ether oxygens (including phenoxy) is 1. The predicted octanol–water partition coefficient (Wildman–Crippen LogP) is 2.40. The summed E-state index contributed by atoms with van der Waals surface area (Å²) in [4.78, 5) is 8.52. The van der Waals surface area contributed by atoms with Crippen molar-refractivity contribution >= 4 is 5.95 Å². The van der Waals surface area contributed by atoms with Crippen molar-refractivity contribution in [2.75, 3.05) is 19.0 Å². The van der Waals surface area contributed by atoms with E-state index in [0.717, 1.165) is 12.1 Å². The number of nitrogens with zero attached hydrogens (tertiary/aromatic N) is 2. The second-order valence-electron chi connectivity index (χ2n) is 3.96. The molecule has 0 aliphatic heterocycles. The molecule has 0 radical (unpaired) electrons. The highest BCUT2D eigenvalue weighted by Gasteiger charge is 2.08. The summed E-state index contributed by atoms with van der Waals surface area (Å²) < 4.78 is 5.19. The topological polar surface area (TPSA) is 47.0 Å². The first-order valence-electron chi connectivity index (χ1n) is 5.81. The SMILES string of the molecule is CCCCC(COC)Nc1nccc(C)n1. The van der Waals surface area contributed by atoms with Gasteiger partial charge >= 0.3 is 0 Å². The lowest BCUT2D eigenvalue weighted by Crippen LogP contribution is -2.26. The molecule has 1 rings (SSSR count). The number of hydrogen-bond acceptors (Lipinski definition) is 4. The van der Waals surface area contributed by atoms with Crippen molar-refractivity contribution in [3.05, 3.63) is 18.0 Å². The Bertz CT molecular complexity index is 304. The van der Waals surface area contributed by atoms with Gasteiger partial charge in [-0.1, -0.05) is 19.8 Å². The lowest BCUT2D eigenvalue weighted by molar-refractivity contribution is 0.181. The molecule has 0 spiro atoms. The molecule has 0 saturated carbocycles. The van der Waals surface area contributed by atoms with Crippen LogP contribution in [0.5, 0.6) is 0 Å². The number of methoxy groups -OCH3 is 1. The van der Waals surface area contributed by atoms with Crippen molar-refractivity contribution in [3.63, 3.8) is 0 Å². The van der Waals surface area contributed by atoms with Gasteiger partial charge in [0.15, 0.2) is 0 Å². The molecule has 1 atom stereocenters. The van der Waals surface area contributed by atoms with Crippen molar-refractivity contribution in [2.24, 2.45) is 0 Å². The van der Waals surface area contributed by atoms with E-state index in [1.54, 1.807) is 13.3 Å². The molecule has 16 heavy (non-hydrogen) atoms. The number of aryl methyl sites for hydroxylation is 1. The second kappa shape index (κ2) is 7.17. The van der Waals surface area contributed by atoms with E-state index < -0.39 is 0 Å². The zero-order valence-electron chi connectivity index (χ0n) is 10.4. The maximum atomic E-state index is 5.19. The fraction of sp³-hybridized carbons (Fsp3) is 0.667. The van der Waals surface area contributed by atoms with Gasteiger partial charge in [0.1, 0.15) is 0 Å². The molecule has 4 heteroatoms. The van der Waals surface area contributed by atoms with Crippen LogP contribution in [0, 0.1) is 6.92 Å². The minimum atomic E-state index is 0.298. The molecule has 0 aliphatic carbocycles. The van der Waals surface area contributed by atoms with Crippen LogP contribution in [0.15, 0.2) is 12.3 Å². The first-order chi connectivity index (χ1) is 7.76. The zero-order valence-corrected chi connectivity index (χ0v) is 10.4. The summed E-state index contributed by atoms with van der Waals surface area (Å²) in [7, 11) is 1.72. The molecule has 1 heterocycles. The Morgan fingerprint density at radius 2 is 2.31 bits per heavy atom. The molecule has 0 fully saturated rings. The molecular weight excluding hydrogens is 202 g/mol. The standard InChI is InChI=1S/C12H21N3O/c1-4-5-6-11(9-16-3)15-12-13-8-7-10(2)14-12/h7-8,11H,4-6,9H2,1-3H3,(H,13,14,15). The molecule has 0 aromatic carbocycles. The van der Waals surface area contributed by atoms with Crippen molar-refractivity contribution < 1.29 is 4.74 Å². The summed E-state index contributed by atoms with van der Waals surface area (Å²) in [5, 5.41) is 3.31. The van der Waals surface area contributed by atoms with Crippen LogP contribution in [0.3, 0.4) is 0 Å². The summed E-state index contributed by atoms with van der Waals surface area (Å²) >= 11 is 0. The van der Waals surface area contributed by atoms with Crippen LogP contribution in [-0.4, -0.2) is 29.7 Å². The predicted molar refractivity (Wildman–Crippen MR) is 65.6 cm³/mol. The third-order valence-electron chi connectivity index (χ3n) is 2.40. The van der Waals surface area contributed by atoms with E-state index in [0.29, 0.717) is 18.6 Å². The van der Waals surface area contributed by atoms with Crippen LogP contribution in [0.25, 0.3) is 0 Å². The molecule has 90 valence electrons. The van der Waals surface area contributed by atoms with Crippen molar-refractivity contribution in [2.45, 2.75) is 39.2 Å². The smallest absolute Gasteiger partial charge is 0.223 e. The summed E-state index contributed by atoms with van der Waals surface area (Å²) in [5.74, 6) is 0.693. The normalized spacial score (nSPS) is 12.4. The van der Waals surface area contributed by atoms with E-state index in [1.165, 1.54) is 12.8 Å². The highest BCUT2D eigenvalue weighted by molar-refractivity contribution is 5.26. The quantitative estimate of drug-likeness (QED) is 0.771. The number of nitrogens with one attached hydrogen (secondary N) is 1. The first-order valence-corrected chi connectivity index (χ1v) is 5.81. The molecule has 0 aliphatic rings. The zero-order chi connectivity index (χ0) is 11.8. The molecule has 4 nitrogen and oxygen atoms in total. The average Bonchev–Trinajstić information content (AvgIpc) is 2.26. The summed E-state index contributed by atoms with van der Waals surface area (Å²) in [6.45, 7) is 4.84. The van der Waals surface area contributed by atoms with E-state index in [2.05, 4.69) is 22.2 Å². The lowest BCUT2D eigenvalue weighted by atomic mass is 10.1. The molecule has 0 bridgehead atoms. The van der Waals surface area contributed by atoms with Gasteiger partial charge in [0.05, 0.1) is 12.6 Å². The van der Waals surface area contributed by atoms with E-state index in [9.17, 15) is 0 Å². The largest absolute Gasteiger partial charge is 0.383 e. The number of hydrogen-bond donors (Lipinski definition) is 1. The molecular formula is C12H21N3O. The van der Waals surface area contributed by atoms with E-state index in [-0.39, 0.29) is 0 Å². The maximum absolute atomic E-state index is 5.19. The Kier molecular flexibility index (Phi) is 5.78. The highest BCUT2D eigenvalue weighted by Crippen LogP contribution is 2.07. The van der Waals surface area contributed by atoms with Crippen LogP contribution in [0.1, 0.15) is 31.9 Å². The Morgan fingerprint density at radius 3 is 2.94 bits per heavy atom. The van der Waals surface area contributed by atoms with Gasteiger partial charge in [-0.05, 0) is 19.4 Å². The number of unbranched alkanes of at least 4 members (excludes halogenated alkanes) is 1. The minimum Gasteiger partial charge on any atom is -0.383 e. The number of rotatable bonds is 7. The fourth-order valence-electron chi connectivity index (χ4n) is 1.55. The van der Waals surface area contributed by atoms with Crippen LogP contribution in [-0.2, 0) is 4.74 Å². The third-order valence-corrected chi connectivity index (χ3v) is 2.40. The Labute approximate surface area is 97.5 Å². The molecule has 0 saturated heterocycles. The number of aromatic nitrogens is 2. The Hall–Kier alpha value is -1.16. The van der Waals surface area contributed by atoms with Gasteiger partial charge in [0.2, 0.25) is 5.95 Å². The van der Waals surface area contributed by atoms with Gasteiger partial charge in [0.25, 0.3) is 0 Å².